The molecule has 0 spiro atoms. The summed E-state index contributed by atoms with van der Waals surface area (Å²) >= 11 is 0. The van der Waals surface area contributed by atoms with Gasteiger partial charge in [0.15, 0.2) is 6.10 Å². The van der Waals surface area contributed by atoms with Gasteiger partial charge in [-0.1, -0.05) is 54.6 Å². The Labute approximate surface area is 123 Å². The first-order valence-electron chi connectivity index (χ1n) is 5.93. The Morgan fingerprint density at radius 2 is 1.60 bits per heavy atom. The third kappa shape index (κ3) is 4.06. The number of nitrogens with two attached hydrogens (primary N) is 1. The van der Waals surface area contributed by atoms with Gasteiger partial charge >= 0.3 is 5.97 Å². The van der Waals surface area contributed by atoms with Crippen LogP contribution in [-0.2, 0) is 16.1 Å². The van der Waals surface area contributed by atoms with E-state index in [0.29, 0.717) is 0 Å². The Balaban J connectivity index is 0.00000200. The summed E-state index contributed by atoms with van der Waals surface area (Å²) in [6.07, 6.45) is -0.761. The molecule has 3 N–H and O–H groups in total. The van der Waals surface area contributed by atoms with Gasteiger partial charge in [-0.25, -0.2) is 10.7 Å². The highest BCUT2D eigenvalue weighted by atomic mass is 35.5. The Bertz CT molecular complexity index is 543. The van der Waals surface area contributed by atoms with Crippen LogP contribution in [0.25, 0.3) is 11.1 Å². The predicted octanol–water partition coefficient (Wildman–Crippen LogP) is 2.66. The maximum Gasteiger partial charge on any atom is 0.335 e. The molecule has 0 amide bonds. The van der Waals surface area contributed by atoms with E-state index < -0.39 is 12.1 Å². The molecule has 4 nitrogen and oxygen atoms in total. The summed E-state index contributed by atoms with van der Waals surface area (Å²) in [5, 5.41) is 8.86. The molecule has 0 heterocycles. The summed E-state index contributed by atoms with van der Waals surface area (Å²) < 4.78 is 0. The van der Waals surface area contributed by atoms with Crippen molar-refractivity contribution in [2.24, 2.45) is 5.90 Å². The van der Waals surface area contributed by atoms with Gasteiger partial charge in [0, 0.05) is 6.42 Å². The highest BCUT2D eigenvalue weighted by Gasteiger charge is 2.17. The molecule has 2 aromatic carbocycles. The first-order valence-corrected chi connectivity index (χ1v) is 5.93. The minimum absolute atomic E-state index is 0. The number of carboxylic acids is 1. The molecule has 0 aliphatic heterocycles. The van der Waals surface area contributed by atoms with Crippen molar-refractivity contribution in [3.63, 3.8) is 0 Å². The minimum Gasteiger partial charge on any atom is -0.479 e. The zero-order valence-corrected chi connectivity index (χ0v) is 11.5. The van der Waals surface area contributed by atoms with E-state index in [-0.39, 0.29) is 18.8 Å². The molecule has 0 aliphatic carbocycles. The van der Waals surface area contributed by atoms with E-state index in [1.54, 1.807) is 0 Å². The normalized spacial score (nSPS) is 11.4. The summed E-state index contributed by atoms with van der Waals surface area (Å²) in [4.78, 5) is 15.2. The molecular formula is C15H16ClNO3. The summed E-state index contributed by atoms with van der Waals surface area (Å²) in [6, 6.07) is 17.7. The van der Waals surface area contributed by atoms with E-state index in [9.17, 15) is 4.79 Å². The molecule has 0 bridgehead atoms. The van der Waals surface area contributed by atoms with Crippen LogP contribution >= 0.6 is 12.4 Å². The van der Waals surface area contributed by atoms with Gasteiger partial charge in [-0.15, -0.1) is 12.4 Å². The minimum atomic E-state index is -1.06. The molecule has 1 unspecified atom stereocenters. The summed E-state index contributed by atoms with van der Waals surface area (Å²) in [5.74, 6) is 3.90. The second-order valence-electron chi connectivity index (χ2n) is 4.23. The van der Waals surface area contributed by atoms with E-state index in [1.807, 2.05) is 54.6 Å². The average molecular weight is 294 g/mol. The van der Waals surface area contributed by atoms with Crippen LogP contribution in [0.5, 0.6) is 0 Å². The van der Waals surface area contributed by atoms with Gasteiger partial charge in [0.2, 0.25) is 0 Å². The second-order valence-corrected chi connectivity index (χ2v) is 4.23. The predicted molar refractivity (Wildman–Crippen MR) is 79.5 cm³/mol. The molecule has 20 heavy (non-hydrogen) atoms. The summed E-state index contributed by atoms with van der Waals surface area (Å²) in [6.45, 7) is 0. The van der Waals surface area contributed by atoms with E-state index in [0.717, 1.165) is 16.7 Å². The van der Waals surface area contributed by atoms with Gasteiger partial charge in [-0.05, 0) is 16.7 Å². The van der Waals surface area contributed by atoms with Gasteiger partial charge in [-0.2, -0.15) is 0 Å². The zero-order chi connectivity index (χ0) is 13.7. The SMILES string of the molecule is Cl.NOC(Cc1ccc(-c2ccccc2)cc1)C(=O)O. The summed E-state index contributed by atoms with van der Waals surface area (Å²) in [7, 11) is 0. The molecule has 2 rings (SSSR count). The standard InChI is InChI=1S/C15H15NO3.ClH/c16-19-14(15(17)18)10-11-6-8-13(9-7-11)12-4-2-1-3-5-12;/h1-9,14H,10,16H2,(H,17,18);1H. The van der Waals surface area contributed by atoms with Crippen molar-refractivity contribution in [1.82, 2.24) is 0 Å². The number of benzene rings is 2. The lowest BCUT2D eigenvalue weighted by Gasteiger charge is -2.10. The molecule has 5 heteroatoms. The Hall–Kier alpha value is -1.88. The van der Waals surface area contributed by atoms with Gasteiger partial charge in [0.1, 0.15) is 0 Å². The quantitative estimate of drug-likeness (QED) is 0.831. The first kappa shape index (κ1) is 16.2. The topological polar surface area (TPSA) is 72.5 Å². The highest BCUT2D eigenvalue weighted by molar-refractivity contribution is 5.85. The number of halogens is 1. The fourth-order valence-electron chi connectivity index (χ4n) is 1.87. The number of carbonyl (C=O) groups is 1. The maximum absolute atomic E-state index is 10.8. The highest BCUT2D eigenvalue weighted by Crippen LogP contribution is 2.19. The third-order valence-electron chi connectivity index (χ3n) is 2.92. The zero-order valence-electron chi connectivity index (χ0n) is 10.7. The molecular weight excluding hydrogens is 278 g/mol. The Kier molecular flexibility index (Phi) is 6.18. The number of rotatable bonds is 5. The van der Waals surface area contributed by atoms with Gasteiger partial charge in [-0.3, -0.25) is 4.84 Å². The Morgan fingerprint density at radius 1 is 1.05 bits per heavy atom. The van der Waals surface area contributed by atoms with Crippen molar-refractivity contribution in [2.75, 3.05) is 0 Å². The van der Waals surface area contributed by atoms with E-state index >= 15 is 0 Å². The van der Waals surface area contributed by atoms with E-state index in [2.05, 4.69) is 4.84 Å². The molecule has 0 aliphatic rings. The van der Waals surface area contributed by atoms with Crippen LogP contribution in [0.1, 0.15) is 5.56 Å². The average Bonchev–Trinajstić information content (AvgIpc) is 2.46. The van der Waals surface area contributed by atoms with Gasteiger partial charge in [0.25, 0.3) is 0 Å². The lowest BCUT2D eigenvalue weighted by Crippen LogP contribution is -2.29. The van der Waals surface area contributed by atoms with Crippen molar-refractivity contribution in [2.45, 2.75) is 12.5 Å². The second kappa shape index (κ2) is 7.65. The largest absolute Gasteiger partial charge is 0.479 e. The number of carboxylic acid groups (broad SMARTS) is 1. The molecule has 0 saturated heterocycles. The molecule has 1 atom stereocenters. The van der Waals surface area contributed by atoms with Gasteiger partial charge in [0.05, 0.1) is 0 Å². The smallest absolute Gasteiger partial charge is 0.335 e. The maximum atomic E-state index is 10.8. The van der Waals surface area contributed by atoms with Crippen LogP contribution in [-0.4, -0.2) is 17.2 Å². The van der Waals surface area contributed by atoms with E-state index in [4.69, 9.17) is 11.0 Å². The van der Waals surface area contributed by atoms with Crippen molar-refractivity contribution in [3.8, 4) is 11.1 Å². The lowest BCUT2D eigenvalue weighted by molar-refractivity contribution is -0.150. The number of aliphatic carboxylic acids is 1. The fraction of sp³-hybridized carbons (Fsp3) is 0.133. The monoisotopic (exact) mass is 293 g/mol. The van der Waals surface area contributed by atoms with Gasteiger partial charge < -0.3 is 5.11 Å². The lowest BCUT2D eigenvalue weighted by atomic mass is 10.0. The molecule has 0 aromatic heterocycles. The van der Waals surface area contributed by atoms with Crippen LogP contribution in [0.3, 0.4) is 0 Å². The van der Waals surface area contributed by atoms with Crippen LogP contribution in [0.4, 0.5) is 0 Å². The third-order valence-corrected chi connectivity index (χ3v) is 2.92. The van der Waals surface area contributed by atoms with E-state index in [1.165, 1.54) is 0 Å². The van der Waals surface area contributed by atoms with Crippen molar-refractivity contribution in [1.29, 1.82) is 0 Å². The molecule has 0 saturated carbocycles. The fourth-order valence-corrected chi connectivity index (χ4v) is 1.87. The summed E-state index contributed by atoms with van der Waals surface area (Å²) in [5.41, 5.74) is 3.08. The number of hydrogen-bond donors (Lipinski definition) is 2. The molecule has 0 fully saturated rings. The molecule has 2 aromatic rings. The number of hydrogen-bond acceptors (Lipinski definition) is 3. The van der Waals surface area contributed by atoms with Crippen molar-refractivity contribution >= 4 is 18.4 Å². The van der Waals surface area contributed by atoms with Crippen LogP contribution in [0.15, 0.2) is 54.6 Å². The Morgan fingerprint density at radius 3 is 2.10 bits per heavy atom. The van der Waals surface area contributed by atoms with Crippen LogP contribution in [0, 0.1) is 0 Å². The van der Waals surface area contributed by atoms with Crippen molar-refractivity contribution in [3.05, 3.63) is 60.2 Å². The van der Waals surface area contributed by atoms with Crippen LogP contribution in [0.2, 0.25) is 0 Å². The van der Waals surface area contributed by atoms with Crippen LogP contribution < -0.4 is 5.90 Å². The van der Waals surface area contributed by atoms with Crippen molar-refractivity contribution < 1.29 is 14.7 Å². The molecule has 106 valence electrons. The first-order chi connectivity index (χ1) is 9.20. The molecule has 0 radical (unpaired) electrons.